The Balaban J connectivity index is 1.73. The third-order valence-electron chi connectivity index (χ3n) is 6.43. The van der Waals surface area contributed by atoms with Crippen molar-refractivity contribution in [2.24, 2.45) is 5.92 Å². The molecule has 1 atom stereocenters. The maximum absolute atomic E-state index is 13.2. The second kappa shape index (κ2) is 7.84. The molecule has 0 N–H and O–H groups in total. The molecule has 1 amide bonds. The standard InChI is InChI=1S/C21H27N3O3S/c22-11-6-14-24-19-10-9-17(28(26,27)23-12-4-5-13-23)15-18(19)20(21(24)25)16-7-2-1-3-8-16/h9-10,15-16,20H,1-8,12-14H2. The first kappa shape index (κ1) is 19.4. The largest absolute Gasteiger partial charge is 0.311 e. The van der Waals surface area contributed by atoms with Crippen molar-refractivity contribution < 1.29 is 13.2 Å². The fourth-order valence-corrected chi connectivity index (χ4v) is 6.55. The quantitative estimate of drug-likeness (QED) is 0.757. The van der Waals surface area contributed by atoms with E-state index in [4.69, 9.17) is 5.26 Å². The number of amides is 1. The molecule has 0 bridgehead atoms. The summed E-state index contributed by atoms with van der Waals surface area (Å²) in [6.45, 7) is 1.50. The molecule has 0 aromatic heterocycles. The van der Waals surface area contributed by atoms with Crippen LogP contribution in [-0.4, -0.2) is 38.3 Å². The molecule has 2 aliphatic heterocycles. The molecule has 0 radical (unpaired) electrons. The number of anilines is 1. The Morgan fingerprint density at radius 2 is 1.79 bits per heavy atom. The predicted octanol–water partition coefficient (Wildman–Crippen LogP) is 3.40. The van der Waals surface area contributed by atoms with Crippen molar-refractivity contribution in [1.29, 1.82) is 5.26 Å². The number of hydrogen-bond donors (Lipinski definition) is 0. The molecule has 6 nitrogen and oxygen atoms in total. The van der Waals surface area contributed by atoms with Crippen LogP contribution in [-0.2, 0) is 14.8 Å². The van der Waals surface area contributed by atoms with Crippen molar-refractivity contribution in [3.8, 4) is 6.07 Å². The highest BCUT2D eigenvalue weighted by molar-refractivity contribution is 7.89. The van der Waals surface area contributed by atoms with Gasteiger partial charge in [0.2, 0.25) is 15.9 Å². The number of hydrogen-bond acceptors (Lipinski definition) is 4. The van der Waals surface area contributed by atoms with Crippen LogP contribution < -0.4 is 4.90 Å². The van der Waals surface area contributed by atoms with Gasteiger partial charge in [0.25, 0.3) is 0 Å². The lowest BCUT2D eigenvalue weighted by Gasteiger charge is -2.27. The smallest absolute Gasteiger partial charge is 0.243 e. The zero-order valence-electron chi connectivity index (χ0n) is 16.1. The maximum Gasteiger partial charge on any atom is 0.243 e. The first-order valence-electron chi connectivity index (χ1n) is 10.4. The molecule has 1 saturated carbocycles. The Morgan fingerprint density at radius 1 is 1.07 bits per heavy atom. The average molecular weight is 402 g/mol. The monoisotopic (exact) mass is 401 g/mol. The fraction of sp³-hybridized carbons (Fsp3) is 0.619. The van der Waals surface area contributed by atoms with Gasteiger partial charge in [-0.1, -0.05) is 19.3 Å². The van der Waals surface area contributed by atoms with E-state index in [0.717, 1.165) is 49.8 Å². The molecular weight excluding hydrogens is 374 g/mol. The maximum atomic E-state index is 13.2. The Hall–Kier alpha value is -1.91. The van der Waals surface area contributed by atoms with Gasteiger partial charge in [-0.15, -0.1) is 0 Å². The number of carbonyl (C=O) groups excluding carboxylic acids is 1. The Morgan fingerprint density at radius 3 is 2.46 bits per heavy atom. The molecule has 2 fully saturated rings. The van der Waals surface area contributed by atoms with Crippen molar-refractivity contribution in [3.05, 3.63) is 23.8 Å². The van der Waals surface area contributed by atoms with E-state index >= 15 is 0 Å². The van der Waals surface area contributed by atoms with Gasteiger partial charge in [-0.05, 0) is 55.4 Å². The van der Waals surface area contributed by atoms with Crippen LogP contribution in [0.5, 0.6) is 0 Å². The normalized spacial score (nSPS) is 23.8. The van der Waals surface area contributed by atoms with E-state index in [2.05, 4.69) is 6.07 Å². The van der Waals surface area contributed by atoms with Crippen molar-refractivity contribution in [3.63, 3.8) is 0 Å². The van der Waals surface area contributed by atoms with Gasteiger partial charge in [0, 0.05) is 25.3 Å². The zero-order chi connectivity index (χ0) is 19.7. The van der Waals surface area contributed by atoms with E-state index in [9.17, 15) is 13.2 Å². The van der Waals surface area contributed by atoms with E-state index in [0.29, 0.717) is 24.5 Å². The summed E-state index contributed by atoms with van der Waals surface area (Å²) < 4.78 is 27.6. The summed E-state index contributed by atoms with van der Waals surface area (Å²) >= 11 is 0. The molecule has 2 heterocycles. The average Bonchev–Trinajstić information content (AvgIpc) is 3.33. The molecule has 0 spiro atoms. The lowest BCUT2D eigenvalue weighted by atomic mass is 9.77. The second-order valence-corrected chi connectivity index (χ2v) is 10.0. The first-order chi connectivity index (χ1) is 13.5. The van der Waals surface area contributed by atoms with Crippen LogP contribution in [0.2, 0.25) is 0 Å². The number of sulfonamides is 1. The van der Waals surface area contributed by atoms with Crippen LogP contribution in [0.25, 0.3) is 0 Å². The van der Waals surface area contributed by atoms with Crippen LogP contribution in [0.4, 0.5) is 5.69 Å². The van der Waals surface area contributed by atoms with Gasteiger partial charge in [0.15, 0.2) is 0 Å². The lowest BCUT2D eigenvalue weighted by Crippen LogP contribution is -2.32. The molecule has 1 saturated heterocycles. The minimum atomic E-state index is -3.52. The molecule has 28 heavy (non-hydrogen) atoms. The van der Waals surface area contributed by atoms with Crippen LogP contribution in [0, 0.1) is 17.2 Å². The molecule has 1 aromatic rings. The molecule has 1 aromatic carbocycles. The topological polar surface area (TPSA) is 81.5 Å². The van der Waals surface area contributed by atoms with Crippen LogP contribution in [0.1, 0.15) is 62.8 Å². The third-order valence-corrected chi connectivity index (χ3v) is 8.32. The van der Waals surface area contributed by atoms with E-state index in [1.807, 2.05) is 0 Å². The number of fused-ring (bicyclic) bond motifs is 1. The molecule has 1 unspecified atom stereocenters. The summed E-state index contributed by atoms with van der Waals surface area (Å²) in [5.41, 5.74) is 1.63. The molecule has 150 valence electrons. The first-order valence-corrected chi connectivity index (χ1v) is 11.8. The SMILES string of the molecule is N#CCCN1C(=O)C(C2CCCCC2)c2cc(S(=O)(=O)N3CCCC3)ccc21. The molecular formula is C21H27N3O3S. The minimum absolute atomic E-state index is 0.0351. The minimum Gasteiger partial charge on any atom is -0.311 e. The molecule has 7 heteroatoms. The highest BCUT2D eigenvalue weighted by Crippen LogP contribution is 2.46. The number of carbonyl (C=O) groups is 1. The van der Waals surface area contributed by atoms with Gasteiger partial charge in [-0.3, -0.25) is 4.79 Å². The highest BCUT2D eigenvalue weighted by atomic mass is 32.2. The Bertz CT molecular complexity index is 894. The molecule has 3 aliphatic rings. The number of rotatable bonds is 5. The summed E-state index contributed by atoms with van der Waals surface area (Å²) in [7, 11) is -3.52. The van der Waals surface area contributed by atoms with Gasteiger partial charge in [0.1, 0.15) is 0 Å². The number of nitrogens with zero attached hydrogens (tertiary/aromatic N) is 3. The van der Waals surface area contributed by atoms with Crippen LogP contribution in [0.3, 0.4) is 0 Å². The number of nitriles is 1. The zero-order valence-corrected chi connectivity index (χ0v) is 17.0. The van der Waals surface area contributed by atoms with Crippen molar-refractivity contribution in [2.75, 3.05) is 24.5 Å². The van der Waals surface area contributed by atoms with Crippen molar-refractivity contribution in [2.45, 2.75) is 62.2 Å². The van der Waals surface area contributed by atoms with Gasteiger partial charge >= 0.3 is 0 Å². The number of benzene rings is 1. The fourth-order valence-electron chi connectivity index (χ4n) is 5.00. The summed E-state index contributed by atoms with van der Waals surface area (Å²) in [6.07, 6.45) is 7.52. The summed E-state index contributed by atoms with van der Waals surface area (Å²) in [5, 5.41) is 8.97. The third kappa shape index (κ3) is 3.33. The van der Waals surface area contributed by atoms with Gasteiger partial charge in [-0.2, -0.15) is 9.57 Å². The van der Waals surface area contributed by atoms with Gasteiger partial charge in [0.05, 0.1) is 23.3 Å². The van der Waals surface area contributed by atoms with Crippen LogP contribution in [0.15, 0.2) is 23.1 Å². The van der Waals surface area contributed by atoms with Crippen LogP contribution >= 0.6 is 0 Å². The lowest BCUT2D eigenvalue weighted by molar-refractivity contribution is -0.120. The van der Waals surface area contributed by atoms with E-state index in [1.54, 1.807) is 27.4 Å². The summed E-state index contributed by atoms with van der Waals surface area (Å²) in [6, 6.07) is 7.26. The highest BCUT2D eigenvalue weighted by Gasteiger charge is 2.42. The van der Waals surface area contributed by atoms with Gasteiger partial charge < -0.3 is 4.90 Å². The second-order valence-electron chi connectivity index (χ2n) is 8.11. The van der Waals surface area contributed by atoms with Crippen molar-refractivity contribution >= 4 is 21.6 Å². The van der Waals surface area contributed by atoms with E-state index in [-0.39, 0.29) is 24.2 Å². The molecule has 4 rings (SSSR count). The van der Waals surface area contributed by atoms with Gasteiger partial charge in [-0.25, -0.2) is 8.42 Å². The Kier molecular flexibility index (Phi) is 5.44. The summed E-state index contributed by atoms with van der Waals surface area (Å²) in [4.78, 5) is 15.2. The Labute approximate surface area is 167 Å². The van der Waals surface area contributed by atoms with E-state index in [1.165, 1.54) is 6.42 Å². The van der Waals surface area contributed by atoms with E-state index < -0.39 is 10.0 Å². The summed E-state index contributed by atoms with van der Waals surface area (Å²) in [5.74, 6) is 0.0208. The molecule has 1 aliphatic carbocycles. The van der Waals surface area contributed by atoms with Crippen molar-refractivity contribution in [1.82, 2.24) is 4.31 Å². The predicted molar refractivity (Wildman–Crippen MR) is 106 cm³/mol.